The molecule has 0 atom stereocenters. The van der Waals surface area contributed by atoms with Gasteiger partial charge in [-0.3, -0.25) is 23.9 Å². The van der Waals surface area contributed by atoms with Crippen molar-refractivity contribution in [1.82, 2.24) is 29.7 Å². The molecular formula is C34H33N7O5. The maximum Gasteiger partial charge on any atom is 0.256 e. The molecule has 6 rings (SSSR count). The van der Waals surface area contributed by atoms with Crippen LogP contribution in [0.15, 0.2) is 83.9 Å². The smallest absolute Gasteiger partial charge is 0.256 e. The molecule has 5 aromatic rings. The molecule has 4 heterocycles. The van der Waals surface area contributed by atoms with E-state index in [2.05, 4.69) is 10.3 Å². The quantitative estimate of drug-likeness (QED) is 0.278. The van der Waals surface area contributed by atoms with Crippen LogP contribution in [0.25, 0.3) is 16.7 Å². The standard InChI is InChI=1S/C34H33N7O5/c1-22-27-11-13-30(42)41(26-9-7-24(8-10-26)32(43)36-20-23-6-12-28(45-2)29(19-23)46-3)31(27)38-34(37-22)40-17-15-39(16-18-40)33(44)25-5-4-14-35-21-25/h4-14,19,21H,15-18,20H2,1-3H3,(H,36,43). The number of ether oxygens (including phenoxy) is 2. The molecule has 46 heavy (non-hydrogen) atoms. The van der Waals surface area contributed by atoms with Crippen LogP contribution in [-0.2, 0) is 6.54 Å². The summed E-state index contributed by atoms with van der Waals surface area (Å²) in [4.78, 5) is 56.5. The summed E-state index contributed by atoms with van der Waals surface area (Å²) in [5.74, 6) is 1.37. The number of amides is 2. The van der Waals surface area contributed by atoms with E-state index in [1.807, 2.05) is 24.0 Å². The molecule has 0 unspecified atom stereocenters. The molecule has 0 radical (unpaired) electrons. The summed E-state index contributed by atoms with van der Waals surface area (Å²) in [6, 6.07) is 19.0. The summed E-state index contributed by atoms with van der Waals surface area (Å²) in [5, 5.41) is 3.66. The van der Waals surface area contributed by atoms with E-state index in [1.54, 1.807) is 80.0 Å². The van der Waals surface area contributed by atoms with E-state index in [0.29, 0.717) is 72.6 Å². The Labute approximate surface area is 265 Å². The number of hydrogen-bond donors (Lipinski definition) is 1. The topological polar surface area (TPSA) is 132 Å². The third-order valence-corrected chi connectivity index (χ3v) is 7.98. The van der Waals surface area contributed by atoms with E-state index in [1.165, 1.54) is 10.6 Å². The van der Waals surface area contributed by atoms with E-state index in [-0.39, 0.29) is 17.4 Å². The van der Waals surface area contributed by atoms with Crippen molar-refractivity contribution in [1.29, 1.82) is 0 Å². The Morgan fingerprint density at radius 3 is 2.33 bits per heavy atom. The average Bonchev–Trinajstić information content (AvgIpc) is 3.10. The summed E-state index contributed by atoms with van der Waals surface area (Å²) in [6.07, 6.45) is 3.21. The van der Waals surface area contributed by atoms with Crippen molar-refractivity contribution in [2.24, 2.45) is 0 Å². The zero-order valence-electron chi connectivity index (χ0n) is 25.8. The molecule has 1 aliphatic rings. The van der Waals surface area contributed by atoms with E-state index in [9.17, 15) is 14.4 Å². The molecule has 12 nitrogen and oxygen atoms in total. The molecule has 0 saturated carbocycles. The maximum atomic E-state index is 13.2. The van der Waals surface area contributed by atoms with E-state index in [4.69, 9.17) is 19.4 Å². The third kappa shape index (κ3) is 6.09. The van der Waals surface area contributed by atoms with Gasteiger partial charge in [0.05, 0.1) is 31.2 Å². The van der Waals surface area contributed by atoms with Crippen LogP contribution >= 0.6 is 0 Å². The lowest BCUT2D eigenvalue weighted by atomic mass is 10.1. The Hall–Kier alpha value is -5.78. The van der Waals surface area contributed by atoms with Gasteiger partial charge in [-0.1, -0.05) is 6.07 Å². The lowest BCUT2D eigenvalue weighted by molar-refractivity contribution is 0.0745. The van der Waals surface area contributed by atoms with E-state index >= 15 is 0 Å². The zero-order valence-corrected chi connectivity index (χ0v) is 25.8. The number of nitrogens with one attached hydrogen (secondary N) is 1. The van der Waals surface area contributed by atoms with Crippen molar-refractivity contribution in [2.75, 3.05) is 45.3 Å². The van der Waals surface area contributed by atoms with Crippen LogP contribution in [0.3, 0.4) is 0 Å². The first-order valence-electron chi connectivity index (χ1n) is 14.8. The average molecular weight is 620 g/mol. The minimum Gasteiger partial charge on any atom is -0.493 e. The second-order valence-corrected chi connectivity index (χ2v) is 10.8. The normalized spacial score (nSPS) is 13.0. The summed E-state index contributed by atoms with van der Waals surface area (Å²) in [6.45, 7) is 4.28. The Bertz CT molecular complexity index is 1950. The number of piperazine rings is 1. The molecule has 0 spiro atoms. The van der Waals surface area contributed by atoms with E-state index in [0.717, 1.165) is 16.6 Å². The number of methoxy groups -OCH3 is 2. The SMILES string of the molecule is COc1ccc(CNC(=O)c2ccc(-n3c(=O)ccc4c(C)nc(N5CCN(C(=O)c6cccnc6)CC5)nc43)cc2)cc1OC. The molecule has 1 fully saturated rings. The number of hydrogen-bond acceptors (Lipinski definition) is 9. The van der Waals surface area contributed by atoms with Crippen molar-refractivity contribution < 1.29 is 19.1 Å². The zero-order chi connectivity index (χ0) is 32.2. The van der Waals surface area contributed by atoms with Gasteiger partial charge in [-0.05, 0) is 67.1 Å². The highest BCUT2D eigenvalue weighted by Crippen LogP contribution is 2.27. The molecule has 3 aromatic heterocycles. The van der Waals surface area contributed by atoms with Gasteiger partial charge >= 0.3 is 0 Å². The Kier molecular flexibility index (Phi) is 8.59. The first-order valence-corrected chi connectivity index (χ1v) is 14.8. The summed E-state index contributed by atoms with van der Waals surface area (Å²) < 4.78 is 12.2. The number of carbonyl (C=O) groups is 2. The van der Waals surface area contributed by atoms with E-state index < -0.39 is 0 Å². The van der Waals surface area contributed by atoms with Crippen LogP contribution < -0.4 is 25.2 Å². The fourth-order valence-electron chi connectivity index (χ4n) is 5.46. The monoisotopic (exact) mass is 619 g/mol. The van der Waals surface area contributed by atoms with Crippen LogP contribution in [0.2, 0.25) is 0 Å². The van der Waals surface area contributed by atoms with Crippen LogP contribution in [0.4, 0.5) is 5.95 Å². The summed E-state index contributed by atoms with van der Waals surface area (Å²) in [5.41, 5.74) is 3.37. The predicted molar refractivity (Wildman–Crippen MR) is 173 cm³/mol. The highest BCUT2D eigenvalue weighted by molar-refractivity contribution is 5.95. The number of rotatable bonds is 8. The number of pyridine rings is 2. The van der Waals surface area contributed by atoms with Gasteiger partial charge in [0.25, 0.3) is 17.4 Å². The minimum atomic E-state index is -0.256. The Morgan fingerprint density at radius 2 is 1.63 bits per heavy atom. The number of anilines is 1. The van der Waals surface area contributed by atoms with Gasteiger partial charge in [0, 0.05) is 62.1 Å². The van der Waals surface area contributed by atoms with Crippen LogP contribution in [0.5, 0.6) is 11.5 Å². The molecule has 1 N–H and O–H groups in total. The molecule has 234 valence electrons. The molecule has 2 amide bonds. The highest BCUT2D eigenvalue weighted by Gasteiger charge is 2.25. The van der Waals surface area contributed by atoms with Crippen molar-refractivity contribution >= 4 is 28.8 Å². The fraction of sp³-hybridized carbons (Fsp3) is 0.235. The number of carbonyl (C=O) groups excluding carboxylic acids is 2. The molecule has 1 saturated heterocycles. The number of fused-ring (bicyclic) bond motifs is 1. The predicted octanol–water partition coefficient (Wildman–Crippen LogP) is 3.39. The first-order chi connectivity index (χ1) is 22.4. The van der Waals surface area contributed by atoms with Crippen LogP contribution in [-0.4, -0.2) is 76.6 Å². The minimum absolute atomic E-state index is 0.0599. The van der Waals surface area contributed by atoms with Crippen molar-refractivity contribution in [2.45, 2.75) is 13.5 Å². The van der Waals surface area contributed by atoms with Gasteiger partial charge < -0.3 is 24.6 Å². The number of nitrogens with zero attached hydrogens (tertiary/aromatic N) is 6. The summed E-state index contributed by atoms with van der Waals surface area (Å²) in [7, 11) is 3.13. The molecule has 12 heteroatoms. The van der Waals surface area contributed by atoms with Crippen molar-refractivity contribution in [3.05, 3.63) is 112 Å². The van der Waals surface area contributed by atoms with Crippen LogP contribution in [0.1, 0.15) is 32.0 Å². The van der Waals surface area contributed by atoms with Gasteiger partial charge in [-0.15, -0.1) is 0 Å². The molecule has 0 bridgehead atoms. The first kappa shape index (κ1) is 30.3. The van der Waals surface area contributed by atoms with Crippen molar-refractivity contribution in [3.8, 4) is 17.2 Å². The highest BCUT2D eigenvalue weighted by atomic mass is 16.5. The maximum absolute atomic E-state index is 13.2. The van der Waals surface area contributed by atoms with Gasteiger partial charge in [0.2, 0.25) is 5.95 Å². The third-order valence-electron chi connectivity index (χ3n) is 7.98. The summed E-state index contributed by atoms with van der Waals surface area (Å²) >= 11 is 0. The lowest BCUT2D eigenvalue weighted by Gasteiger charge is -2.35. The fourth-order valence-corrected chi connectivity index (χ4v) is 5.46. The number of benzene rings is 2. The van der Waals surface area contributed by atoms with Crippen molar-refractivity contribution in [3.63, 3.8) is 0 Å². The van der Waals surface area contributed by atoms with Crippen LogP contribution in [0, 0.1) is 6.92 Å². The number of aryl methyl sites for hydroxylation is 1. The van der Waals surface area contributed by atoms with Gasteiger partial charge in [0.1, 0.15) is 0 Å². The molecular weight excluding hydrogens is 586 g/mol. The largest absolute Gasteiger partial charge is 0.493 e. The molecule has 2 aromatic carbocycles. The molecule has 1 aliphatic heterocycles. The molecule has 0 aliphatic carbocycles. The van der Waals surface area contributed by atoms with Gasteiger partial charge in [-0.25, -0.2) is 4.98 Å². The Balaban J connectivity index is 1.20. The lowest BCUT2D eigenvalue weighted by Crippen LogP contribution is -2.49. The second-order valence-electron chi connectivity index (χ2n) is 10.8. The number of aromatic nitrogens is 4. The van der Waals surface area contributed by atoms with Gasteiger partial charge in [0.15, 0.2) is 17.1 Å². The van der Waals surface area contributed by atoms with Gasteiger partial charge in [-0.2, -0.15) is 4.98 Å². The second kappa shape index (κ2) is 13.1. The Morgan fingerprint density at radius 1 is 0.870 bits per heavy atom.